The zero-order valence-electron chi connectivity index (χ0n) is 19.4. The minimum absolute atomic E-state index is 0.0500. The fourth-order valence-electron chi connectivity index (χ4n) is 3.10. The fraction of sp³-hybridized carbons (Fsp3) is 0.375. The summed E-state index contributed by atoms with van der Waals surface area (Å²) in [6, 6.07) is 8.85. The van der Waals surface area contributed by atoms with E-state index in [1.165, 1.54) is 0 Å². The first-order valence-electron chi connectivity index (χ1n) is 10.6. The number of rotatable bonds is 10. The Morgan fingerprint density at radius 1 is 1.09 bits per heavy atom. The molecule has 184 valence electrons. The second kappa shape index (κ2) is 13.4. The van der Waals surface area contributed by atoms with Crippen molar-refractivity contribution in [1.82, 2.24) is 4.90 Å². The molecule has 34 heavy (non-hydrogen) atoms. The fourth-order valence-corrected chi connectivity index (χ4v) is 6.93. The van der Waals surface area contributed by atoms with Gasteiger partial charge < -0.3 is 0 Å². The summed E-state index contributed by atoms with van der Waals surface area (Å²) in [4.78, 5) is 32.4. The molecule has 1 aromatic heterocycles. The van der Waals surface area contributed by atoms with Gasteiger partial charge in [-0.05, 0) is 0 Å². The quantitative estimate of drug-likeness (QED) is 0.132. The SMILES string of the molecule is CC(C)CN(CC(C)C)C(=O)CC(=O)C(N)=C(Br)C(=Nc1ccc(Cl)cc1Cl)c1ccc(Br)[se]1. The second-order valence-electron chi connectivity index (χ2n) is 8.57. The van der Waals surface area contributed by atoms with Crippen molar-refractivity contribution in [2.45, 2.75) is 34.1 Å². The van der Waals surface area contributed by atoms with Gasteiger partial charge in [0.15, 0.2) is 0 Å². The van der Waals surface area contributed by atoms with E-state index >= 15 is 0 Å². The molecule has 1 amide bonds. The second-order valence-corrected chi connectivity index (χ2v) is 14.5. The molecule has 0 aliphatic rings. The van der Waals surface area contributed by atoms with Crippen molar-refractivity contribution in [3.8, 4) is 0 Å². The number of allylic oxidation sites excluding steroid dienone is 2. The van der Waals surface area contributed by atoms with Crippen molar-refractivity contribution in [1.29, 1.82) is 0 Å². The summed E-state index contributed by atoms with van der Waals surface area (Å²) in [7, 11) is 0. The Morgan fingerprint density at radius 2 is 1.71 bits per heavy atom. The Balaban J connectivity index is 2.41. The number of amides is 1. The number of aliphatic imine (C=N–C) groups is 1. The van der Waals surface area contributed by atoms with Gasteiger partial charge in [-0.1, -0.05) is 0 Å². The maximum absolute atomic E-state index is 13.0. The number of carbonyl (C=O) groups is 2. The van der Waals surface area contributed by atoms with Crippen LogP contribution in [0.5, 0.6) is 0 Å². The summed E-state index contributed by atoms with van der Waals surface area (Å²) in [6.07, 6.45) is -0.304. The Labute approximate surface area is 233 Å². The van der Waals surface area contributed by atoms with Crippen LogP contribution in [0.2, 0.25) is 10.0 Å². The van der Waals surface area contributed by atoms with Crippen molar-refractivity contribution in [2.24, 2.45) is 22.6 Å². The van der Waals surface area contributed by atoms with Crippen molar-refractivity contribution in [3.63, 3.8) is 0 Å². The summed E-state index contributed by atoms with van der Waals surface area (Å²) < 4.78 is 2.27. The molecule has 0 saturated heterocycles. The molecule has 2 aromatic rings. The molecule has 0 saturated carbocycles. The number of hydrogen-bond acceptors (Lipinski definition) is 4. The van der Waals surface area contributed by atoms with E-state index in [1.807, 2.05) is 39.8 Å². The van der Waals surface area contributed by atoms with Gasteiger partial charge in [0.25, 0.3) is 0 Å². The summed E-state index contributed by atoms with van der Waals surface area (Å²) in [5.41, 5.74) is 7.20. The Bertz CT molecular complexity index is 1100. The molecule has 0 fully saturated rings. The third-order valence-electron chi connectivity index (χ3n) is 4.53. The van der Waals surface area contributed by atoms with Crippen LogP contribution in [0.25, 0.3) is 0 Å². The van der Waals surface area contributed by atoms with Crippen molar-refractivity contribution < 1.29 is 9.59 Å². The number of benzene rings is 1. The normalized spacial score (nSPS) is 12.8. The van der Waals surface area contributed by atoms with Crippen LogP contribution in [-0.2, 0) is 9.59 Å². The van der Waals surface area contributed by atoms with Gasteiger partial charge in [0.1, 0.15) is 0 Å². The van der Waals surface area contributed by atoms with E-state index < -0.39 is 5.78 Å². The number of nitrogens with zero attached hydrogens (tertiary/aromatic N) is 2. The molecule has 0 bridgehead atoms. The van der Waals surface area contributed by atoms with E-state index in [4.69, 9.17) is 33.9 Å². The van der Waals surface area contributed by atoms with Gasteiger partial charge in [-0.15, -0.1) is 0 Å². The molecular weight excluding hydrogens is 672 g/mol. The average Bonchev–Trinajstić information content (AvgIpc) is 3.16. The van der Waals surface area contributed by atoms with Crippen LogP contribution in [0.15, 0.2) is 48.9 Å². The third kappa shape index (κ3) is 8.65. The van der Waals surface area contributed by atoms with Gasteiger partial charge in [-0.2, -0.15) is 0 Å². The Morgan fingerprint density at radius 3 is 2.21 bits per heavy atom. The van der Waals surface area contributed by atoms with Gasteiger partial charge in [0, 0.05) is 0 Å². The van der Waals surface area contributed by atoms with E-state index in [1.54, 1.807) is 23.1 Å². The number of nitrogens with two attached hydrogens (primary N) is 1. The molecule has 0 aliphatic carbocycles. The Kier molecular flexibility index (Phi) is 11.6. The van der Waals surface area contributed by atoms with Crippen LogP contribution in [0.4, 0.5) is 5.69 Å². The number of ketones is 1. The van der Waals surface area contributed by atoms with E-state index in [-0.39, 0.29) is 32.5 Å². The summed E-state index contributed by atoms with van der Waals surface area (Å²) >= 11 is 19.3. The third-order valence-corrected chi connectivity index (χ3v) is 8.82. The van der Waals surface area contributed by atoms with Gasteiger partial charge in [0.2, 0.25) is 0 Å². The molecular formula is C24H27Br2Cl2N3O2Se. The molecule has 5 nitrogen and oxygen atoms in total. The van der Waals surface area contributed by atoms with Crippen LogP contribution >= 0.6 is 55.1 Å². The van der Waals surface area contributed by atoms with Crippen molar-refractivity contribution in [2.75, 3.05) is 13.1 Å². The molecule has 10 heteroatoms. The predicted octanol–water partition coefficient (Wildman–Crippen LogP) is 6.60. The van der Waals surface area contributed by atoms with E-state index in [2.05, 4.69) is 31.9 Å². The van der Waals surface area contributed by atoms with Crippen LogP contribution in [0, 0.1) is 11.8 Å². The molecule has 1 aromatic carbocycles. The number of hydrogen-bond donors (Lipinski definition) is 1. The monoisotopic (exact) mass is 697 g/mol. The van der Waals surface area contributed by atoms with Crippen LogP contribution < -0.4 is 5.73 Å². The van der Waals surface area contributed by atoms with Gasteiger partial charge in [0.05, 0.1) is 0 Å². The molecule has 2 rings (SSSR count). The standard InChI is InChI=1S/C24H27Br2Cl2N3O2Se/c1-13(2)11-31(12-14(3)4)21(33)10-18(32)23(29)22(26)24(19-7-8-20(25)34-19)30-17-6-5-15(27)9-16(17)28/h5-9,13-14H,10-12,29H2,1-4H3. The average molecular weight is 699 g/mol. The molecule has 2 N–H and O–H groups in total. The first-order chi connectivity index (χ1) is 15.9. The minimum atomic E-state index is -0.456. The number of Topliss-reactive ketones (excluding diaryl/α,β-unsaturated/α-hetero) is 1. The molecule has 0 atom stereocenters. The number of carbonyl (C=O) groups excluding carboxylic acids is 2. The van der Waals surface area contributed by atoms with Crippen LogP contribution in [-0.4, -0.2) is 49.9 Å². The first-order valence-corrected chi connectivity index (χ1v) is 14.7. The maximum atomic E-state index is 13.0. The molecule has 1 heterocycles. The predicted molar refractivity (Wildman–Crippen MR) is 150 cm³/mol. The van der Waals surface area contributed by atoms with Crippen LogP contribution in [0.3, 0.4) is 0 Å². The van der Waals surface area contributed by atoms with Crippen LogP contribution in [0.1, 0.15) is 38.6 Å². The van der Waals surface area contributed by atoms with E-state index in [0.29, 0.717) is 50.9 Å². The zero-order chi connectivity index (χ0) is 25.6. The van der Waals surface area contributed by atoms with Crippen molar-refractivity contribution >= 4 is 92.7 Å². The zero-order valence-corrected chi connectivity index (χ0v) is 25.8. The number of halogens is 4. The van der Waals surface area contributed by atoms with E-state index in [0.717, 1.165) is 7.78 Å². The Hall–Kier alpha value is -0.891. The van der Waals surface area contributed by atoms with E-state index in [9.17, 15) is 9.59 Å². The topological polar surface area (TPSA) is 75.8 Å². The summed E-state index contributed by atoms with van der Waals surface area (Å²) in [6.45, 7) is 9.35. The van der Waals surface area contributed by atoms with Gasteiger partial charge in [-0.3, -0.25) is 0 Å². The van der Waals surface area contributed by atoms with Gasteiger partial charge in [-0.25, -0.2) is 0 Å². The molecule has 0 aliphatic heterocycles. The van der Waals surface area contributed by atoms with Crippen molar-refractivity contribution in [3.05, 3.63) is 58.3 Å². The first kappa shape index (κ1) is 29.3. The van der Waals surface area contributed by atoms with Gasteiger partial charge >= 0.3 is 235 Å². The molecule has 0 spiro atoms. The summed E-state index contributed by atoms with van der Waals surface area (Å²) in [5.74, 6) is -0.100. The molecule has 0 unspecified atom stereocenters. The molecule has 0 radical (unpaired) electrons. The summed E-state index contributed by atoms with van der Waals surface area (Å²) in [5, 5.41) is 0.871.